The molecule has 3 aromatic heterocycles. The van der Waals surface area contributed by atoms with Crippen LogP contribution in [0.5, 0.6) is 0 Å². The van der Waals surface area contributed by atoms with Gasteiger partial charge in [0, 0.05) is 97.5 Å². The van der Waals surface area contributed by atoms with Crippen molar-refractivity contribution in [1.82, 2.24) is 0 Å². The van der Waals surface area contributed by atoms with E-state index < -0.39 is 0 Å². The van der Waals surface area contributed by atoms with Gasteiger partial charge in [0.1, 0.15) is 0 Å². The van der Waals surface area contributed by atoms with Gasteiger partial charge in [-0.05, 0) is 215 Å². The van der Waals surface area contributed by atoms with Gasteiger partial charge < -0.3 is 19.6 Å². The fourth-order valence-corrected chi connectivity index (χ4v) is 14.9. The molecule has 12 aromatic carbocycles. The highest BCUT2D eigenvalue weighted by Crippen LogP contribution is 2.46. The Hall–Kier alpha value is -11.1. The Morgan fingerprint density at radius 3 is 0.429 bits per heavy atom. The number of thiophene rings is 3. The lowest BCUT2D eigenvalue weighted by atomic mass is 10.1. The van der Waals surface area contributed by atoms with Crippen molar-refractivity contribution in [1.29, 1.82) is 0 Å². The topological polar surface area (TPSA) is 13.0 Å². The first-order chi connectivity index (χ1) is 45.1. The summed E-state index contributed by atoms with van der Waals surface area (Å²) in [5.74, 6) is 0. The lowest BCUT2D eigenvalue weighted by Gasteiger charge is -2.30. The molecule has 0 bridgehead atoms. The summed E-state index contributed by atoms with van der Waals surface area (Å²) in [5, 5.41) is 0. The summed E-state index contributed by atoms with van der Waals surface area (Å²) in [6, 6.07) is 131. The van der Waals surface area contributed by atoms with Gasteiger partial charge in [-0.3, -0.25) is 0 Å². The molecule has 0 aliphatic rings. The van der Waals surface area contributed by atoms with Crippen LogP contribution in [-0.2, 0) is 0 Å². The van der Waals surface area contributed by atoms with Crippen molar-refractivity contribution >= 4 is 102 Å². The Balaban J connectivity index is 0.777. The zero-order valence-electron chi connectivity index (χ0n) is 49.7. The van der Waals surface area contributed by atoms with Crippen LogP contribution in [0.1, 0.15) is 0 Å². The van der Waals surface area contributed by atoms with Gasteiger partial charge in [-0.15, -0.1) is 34.0 Å². The summed E-state index contributed by atoms with van der Waals surface area (Å²) in [7, 11) is 0. The van der Waals surface area contributed by atoms with Gasteiger partial charge in [-0.2, -0.15) is 0 Å². The van der Waals surface area contributed by atoms with Crippen molar-refractivity contribution in [3.63, 3.8) is 0 Å². The Bertz CT molecular complexity index is 4310. The average molecular weight is 1220 g/mol. The molecular weight excluding hydrogens is 1160 g/mol. The van der Waals surface area contributed by atoms with Crippen LogP contribution in [0.4, 0.5) is 68.2 Å². The summed E-state index contributed by atoms with van der Waals surface area (Å²) >= 11 is 5.47. The second-order valence-electron chi connectivity index (χ2n) is 22.1. The SMILES string of the molecule is c1ccc(-c2ccc(-c3ccc(N(c4ccccc4)c4ccc(N(c5ccc(N(c6ccccc6)c6ccc(-c7ccc(-c8ccccc8)s7)cc6)cc5)c5ccc(N(c6ccccc6)c6ccc(-c7ccc(-c8ccccc8)s7)cc6)cc5)cc4)cc3)s2)cc1. The van der Waals surface area contributed by atoms with Crippen molar-refractivity contribution in [2.24, 2.45) is 0 Å². The molecule has 0 unspecified atom stereocenters. The zero-order chi connectivity index (χ0) is 60.7. The van der Waals surface area contributed by atoms with E-state index in [9.17, 15) is 0 Å². The van der Waals surface area contributed by atoms with Crippen molar-refractivity contribution in [3.05, 3.63) is 364 Å². The summed E-state index contributed by atoms with van der Waals surface area (Å²) in [6.45, 7) is 0. The molecule has 0 amide bonds. The standard InChI is InChI=1S/C84H60N4S3/c1-7-19-61(20-8-1)79-55-58-82(89-79)64-31-37-70(38-32-64)85(67-25-13-4-14-26-67)73-43-49-76(50-44-73)88(77-51-45-74(46-52-77)86(68-27-15-5-16-28-68)71-39-33-65(34-40-71)83-59-56-80(90-83)62-21-9-2-10-22-62)78-53-47-75(48-54-78)87(69-29-17-6-18-30-69)72-41-35-66(36-42-72)84-60-57-81(91-84)63-23-11-3-12-24-63/h1-60H. The Labute approximate surface area is 544 Å². The molecule has 0 N–H and O–H groups in total. The highest BCUT2D eigenvalue weighted by atomic mass is 32.1. The van der Waals surface area contributed by atoms with Crippen LogP contribution in [0.15, 0.2) is 364 Å². The Morgan fingerprint density at radius 1 is 0.121 bits per heavy atom. The van der Waals surface area contributed by atoms with Gasteiger partial charge in [0.15, 0.2) is 0 Å². The molecule has 3 heterocycles. The number of rotatable bonds is 18. The van der Waals surface area contributed by atoms with E-state index in [1.807, 2.05) is 34.0 Å². The van der Waals surface area contributed by atoms with Crippen LogP contribution in [0, 0.1) is 0 Å². The number of benzene rings is 12. The molecule has 0 spiro atoms. The molecule has 4 nitrogen and oxygen atoms in total. The monoisotopic (exact) mass is 1220 g/mol. The minimum Gasteiger partial charge on any atom is -0.311 e. The van der Waals surface area contributed by atoms with Crippen LogP contribution in [-0.4, -0.2) is 0 Å². The molecule has 0 aliphatic heterocycles. The van der Waals surface area contributed by atoms with Gasteiger partial charge in [-0.1, -0.05) is 182 Å². The third-order valence-corrected chi connectivity index (χ3v) is 19.9. The average Bonchev–Trinajstić information content (AvgIpc) is 2.04. The molecule has 434 valence electrons. The third-order valence-electron chi connectivity index (χ3n) is 16.4. The normalized spacial score (nSPS) is 11.1. The molecule has 15 rings (SSSR count). The maximum absolute atomic E-state index is 2.36. The van der Waals surface area contributed by atoms with Gasteiger partial charge in [0.05, 0.1) is 0 Å². The number of para-hydroxylation sites is 3. The largest absolute Gasteiger partial charge is 0.311 e. The van der Waals surface area contributed by atoms with Crippen LogP contribution < -0.4 is 19.6 Å². The molecule has 0 atom stereocenters. The van der Waals surface area contributed by atoms with Crippen molar-refractivity contribution in [2.75, 3.05) is 19.6 Å². The highest BCUT2D eigenvalue weighted by molar-refractivity contribution is 7.19. The number of anilines is 12. The number of nitrogens with zero attached hydrogens (tertiary/aromatic N) is 4. The highest BCUT2D eigenvalue weighted by Gasteiger charge is 2.21. The summed E-state index contributed by atoms with van der Waals surface area (Å²) in [6.07, 6.45) is 0. The molecule has 0 aliphatic carbocycles. The van der Waals surface area contributed by atoms with E-state index >= 15 is 0 Å². The molecule has 7 heteroatoms. The van der Waals surface area contributed by atoms with E-state index in [0.29, 0.717) is 0 Å². The fraction of sp³-hybridized carbons (Fsp3) is 0. The third kappa shape index (κ3) is 12.2. The van der Waals surface area contributed by atoms with Crippen LogP contribution >= 0.6 is 34.0 Å². The Morgan fingerprint density at radius 2 is 0.253 bits per heavy atom. The quantitative estimate of drug-likeness (QED) is 0.0849. The van der Waals surface area contributed by atoms with E-state index in [2.05, 4.69) is 384 Å². The van der Waals surface area contributed by atoms with Gasteiger partial charge in [-0.25, -0.2) is 0 Å². The predicted octanol–water partition coefficient (Wildman–Crippen LogP) is 25.8. The van der Waals surface area contributed by atoms with E-state index in [0.717, 1.165) is 68.2 Å². The first-order valence-electron chi connectivity index (χ1n) is 30.5. The van der Waals surface area contributed by atoms with Crippen LogP contribution in [0.25, 0.3) is 62.6 Å². The molecule has 91 heavy (non-hydrogen) atoms. The lowest BCUT2D eigenvalue weighted by molar-refractivity contribution is 1.24. The maximum Gasteiger partial charge on any atom is 0.0463 e. The maximum atomic E-state index is 2.36. The number of hydrogen-bond donors (Lipinski definition) is 0. The second kappa shape index (κ2) is 25.9. The van der Waals surface area contributed by atoms with E-state index in [4.69, 9.17) is 0 Å². The fourth-order valence-electron chi connectivity index (χ4n) is 11.8. The van der Waals surface area contributed by atoms with Crippen molar-refractivity contribution in [3.8, 4) is 62.6 Å². The predicted molar refractivity (Wildman–Crippen MR) is 391 cm³/mol. The number of hydrogen-bond acceptors (Lipinski definition) is 7. The van der Waals surface area contributed by atoms with E-state index in [1.54, 1.807) is 0 Å². The summed E-state index contributed by atoms with van der Waals surface area (Å²) in [5.41, 5.74) is 20.0. The molecule has 0 saturated carbocycles. The minimum atomic E-state index is 1.03. The van der Waals surface area contributed by atoms with Gasteiger partial charge in [0.2, 0.25) is 0 Å². The van der Waals surface area contributed by atoms with E-state index in [1.165, 1.54) is 62.6 Å². The molecular formula is C84H60N4S3. The molecule has 0 saturated heterocycles. The summed E-state index contributed by atoms with van der Waals surface area (Å²) in [4.78, 5) is 16.9. The zero-order valence-corrected chi connectivity index (χ0v) is 52.1. The van der Waals surface area contributed by atoms with Crippen molar-refractivity contribution < 1.29 is 0 Å². The summed E-state index contributed by atoms with van der Waals surface area (Å²) < 4.78 is 0. The first kappa shape index (κ1) is 56.4. The van der Waals surface area contributed by atoms with Crippen LogP contribution in [0.2, 0.25) is 0 Å². The lowest BCUT2D eigenvalue weighted by Crippen LogP contribution is -2.13. The first-order valence-corrected chi connectivity index (χ1v) is 33.0. The molecule has 15 aromatic rings. The molecule has 0 fully saturated rings. The second-order valence-corrected chi connectivity index (χ2v) is 25.4. The van der Waals surface area contributed by atoms with Gasteiger partial charge >= 0.3 is 0 Å². The van der Waals surface area contributed by atoms with E-state index in [-0.39, 0.29) is 0 Å². The molecule has 0 radical (unpaired) electrons. The smallest absolute Gasteiger partial charge is 0.0463 e. The van der Waals surface area contributed by atoms with Crippen molar-refractivity contribution in [2.45, 2.75) is 0 Å². The van der Waals surface area contributed by atoms with Gasteiger partial charge in [0.25, 0.3) is 0 Å². The Kier molecular flexibility index (Phi) is 16.1. The minimum absolute atomic E-state index is 1.03. The van der Waals surface area contributed by atoms with Crippen LogP contribution in [0.3, 0.4) is 0 Å².